The highest BCUT2D eigenvalue weighted by molar-refractivity contribution is 7.11. The van der Waals surface area contributed by atoms with Crippen molar-refractivity contribution in [2.75, 3.05) is 32.9 Å². The third kappa shape index (κ3) is 6.18. The third-order valence-electron chi connectivity index (χ3n) is 3.68. The summed E-state index contributed by atoms with van der Waals surface area (Å²) in [6, 6.07) is 4.32. The molecule has 0 bridgehead atoms. The molecule has 22 heavy (non-hydrogen) atoms. The van der Waals surface area contributed by atoms with E-state index in [1.165, 1.54) is 9.75 Å². The molecule has 1 fully saturated rings. The van der Waals surface area contributed by atoms with E-state index in [4.69, 9.17) is 9.47 Å². The van der Waals surface area contributed by atoms with Crippen LogP contribution in [0.4, 0.5) is 0 Å². The predicted molar refractivity (Wildman–Crippen MR) is 90.3 cm³/mol. The van der Waals surface area contributed by atoms with Gasteiger partial charge in [-0.05, 0) is 31.9 Å². The monoisotopic (exact) mass is 325 g/mol. The van der Waals surface area contributed by atoms with Crippen molar-refractivity contribution in [2.45, 2.75) is 38.5 Å². The van der Waals surface area contributed by atoms with Crippen LogP contribution in [0.25, 0.3) is 0 Å². The summed E-state index contributed by atoms with van der Waals surface area (Å²) in [5, 5.41) is 10.2. The van der Waals surface area contributed by atoms with E-state index in [0.717, 1.165) is 32.5 Å². The number of thiophene rings is 1. The van der Waals surface area contributed by atoms with Gasteiger partial charge in [0.25, 0.3) is 0 Å². The summed E-state index contributed by atoms with van der Waals surface area (Å²) in [5.74, 6) is 0. The molecule has 5 heteroatoms. The minimum Gasteiger partial charge on any atom is -0.389 e. The Hall–Kier alpha value is -0.720. The smallest absolute Gasteiger partial charge is 0.0900 e. The zero-order chi connectivity index (χ0) is 15.8. The van der Waals surface area contributed by atoms with Crippen molar-refractivity contribution >= 4 is 11.3 Å². The minimum absolute atomic E-state index is 0.294. The molecule has 1 aliphatic heterocycles. The van der Waals surface area contributed by atoms with Gasteiger partial charge in [0.1, 0.15) is 0 Å². The Balaban J connectivity index is 1.86. The first-order valence-electron chi connectivity index (χ1n) is 7.93. The number of rotatable bonds is 10. The van der Waals surface area contributed by atoms with Gasteiger partial charge in [0.2, 0.25) is 0 Å². The number of hydrogen-bond acceptors (Lipinski definition) is 5. The SMILES string of the molecule is C=CCOC[C@H](O)CN(Cc1ccc(C)s1)C[C@@H]1CCCO1. The molecule has 2 atom stereocenters. The van der Waals surface area contributed by atoms with Crippen molar-refractivity contribution in [1.29, 1.82) is 0 Å². The number of hydrogen-bond donors (Lipinski definition) is 1. The maximum absolute atomic E-state index is 10.2. The molecular weight excluding hydrogens is 298 g/mol. The van der Waals surface area contributed by atoms with Gasteiger partial charge in [-0.15, -0.1) is 17.9 Å². The van der Waals surface area contributed by atoms with Crippen LogP contribution < -0.4 is 0 Å². The van der Waals surface area contributed by atoms with Crippen LogP contribution in [0.3, 0.4) is 0 Å². The van der Waals surface area contributed by atoms with E-state index in [1.807, 2.05) is 11.3 Å². The molecule has 0 amide bonds. The lowest BCUT2D eigenvalue weighted by atomic mass is 10.2. The zero-order valence-corrected chi connectivity index (χ0v) is 14.2. The Morgan fingerprint density at radius 3 is 3.09 bits per heavy atom. The average Bonchev–Trinajstić information content (AvgIpc) is 3.11. The normalized spacial score (nSPS) is 19.7. The molecule has 1 aliphatic rings. The van der Waals surface area contributed by atoms with Crippen LogP contribution >= 0.6 is 11.3 Å². The fourth-order valence-corrected chi connectivity index (χ4v) is 3.64. The van der Waals surface area contributed by atoms with Gasteiger partial charge in [-0.3, -0.25) is 4.90 Å². The molecule has 1 saturated heterocycles. The number of aliphatic hydroxyl groups excluding tert-OH is 1. The van der Waals surface area contributed by atoms with Gasteiger partial charge < -0.3 is 14.6 Å². The fraction of sp³-hybridized carbons (Fsp3) is 0.647. The second-order valence-corrected chi connectivity index (χ2v) is 7.19. The Labute approximate surface area is 137 Å². The van der Waals surface area contributed by atoms with Crippen molar-refractivity contribution in [3.05, 3.63) is 34.5 Å². The molecule has 0 unspecified atom stereocenters. The molecule has 1 N–H and O–H groups in total. The highest BCUT2D eigenvalue weighted by atomic mass is 32.1. The standard InChI is InChI=1S/C17H27NO3S/c1-3-8-20-13-15(19)10-18(11-16-5-4-9-21-16)12-17-7-6-14(2)22-17/h3,6-7,15-16,19H,1,4-5,8-13H2,2H3/t15-,16+/m1/s1. The molecule has 1 aromatic heterocycles. The molecule has 2 rings (SSSR count). The molecule has 4 nitrogen and oxygen atoms in total. The van der Waals surface area contributed by atoms with E-state index in [-0.39, 0.29) is 0 Å². The fourth-order valence-electron chi connectivity index (χ4n) is 2.71. The lowest BCUT2D eigenvalue weighted by molar-refractivity contribution is 0.00882. The predicted octanol–water partition coefficient (Wildman–Crippen LogP) is 2.60. The number of ether oxygens (including phenoxy) is 2. The summed E-state index contributed by atoms with van der Waals surface area (Å²) in [4.78, 5) is 4.93. The van der Waals surface area contributed by atoms with Crippen LogP contribution in [0, 0.1) is 6.92 Å². The number of aliphatic hydroxyl groups is 1. The number of aryl methyl sites for hydroxylation is 1. The van der Waals surface area contributed by atoms with Gasteiger partial charge in [0.15, 0.2) is 0 Å². The van der Waals surface area contributed by atoms with Crippen LogP contribution in [0.15, 0.2) is 24.8 Å². The van der Waals surface area contributed by atoms with Crippen LogP contribution in [0.1, 0.15) is 22.6 Å². The van der Waals surface area contributed by atoms with Gasteiger partial charge >= 0.3 is 0 Å². The minimum atomic E-state index is -0.484. The van der Waals surface area contributed by atoms with Crippen molar-refractivity contribution in [3.8, 4) is 0 Å². The van der Waals surface area contributed by atoms with Gasteiger partial charge in [0, 0.05) is 36.0 Å². The van der Waals surface area contributed by atoms with Gasteiger partial charge in [-0.1, -0.05) is 6.08 Å². The molecule has 0 saturated carbocycles. The molecule has 2 heterocycles. The third-order valence-corrected chi connectivity index (χ3v) is 4.66. The zero-order valence-electron chi connectivity index (χ0n) is 13.4. The molecule has 1 aromatic rings. The first kappa shape index (κ1) is 17.6. The highest BCUT2D eigenvalue weighted by Crippen LogP contribution is 2.19. The van der Waals surface area contributed by atoms with E-state index in [0.29, 0.717) is 25.9 Å². The summed E-state index contributed by atoms with van der Waals surface area (Å²) in [6.45, 7) is 9.75. The first-order valence-corrected chi connectivity index (χ1v) is 8.75. The summed E-state index contributed by atoms with van der Waals surface area (Å²) < 4.78 is 11.1. The Morgan fingerprint density at radius 1 is 1.59 bits per heavy atom. The van der Waals surface area contributed by atoms with Crippen LogP contribution in [-0.2, 0) is 16.0 Å². The van der Waals surface area contributed by atoms with Crippen LogP contribution in [-0.4, -0.2) is 55.1 Å². The maximum atomic E-state index is 10.2. The molecule has 124 valence electrons. The largest absolute Gasteiger partial charge is 0.389 e. The van der Waals surface area contributed by atoms with E-state index in [9.17, 15) is 5.11 Å². The second kappa shape index (κ2) is 9.43. The van der Waals surface area contributed by atoms with E-state index >= 15 is 0 Å². The molecule has 0 radical (unpaired) electrons. The lowest BCUT2D eigenvalue weighted by Gasteiger charge is -2.27. The van der Waals surface area contributed by atoms with E-state index in [2.05, 4.69) is 30.5 Å². The Bertz CT molecular complexity index is 443. The molecule has 0 aromatic carbocycles. The lowest BCUT2D eigenvalue weighted by Crippen LogP contribution is -2.38. The van der Waals surface area contributed by atoms with Crippen molar-refractivity contribution < 1.29 is 14.6 Å². The number of nitrogens with zero attached hydrogens (tertiary/aromatic N) is 1. The van der Waals surface area contributed by atoms with Crippen LogP contribution in [0.2, 0.25) is 0 Å². The van der Waals surface area contributed by atoms with E-state index in [1.54, 1.807) is 6.08 Å². The van der Waals surface area contributed by atoms with Crippen molar-refractivity contribution in [1.82, 2.24) is 4.90 Å². The summed E-state index contributed by atoms with van der Waals surface area (Å²) >= 11 is 1.81. The summed E-state index contributed by atoms with van der Waals surface area (Å²) in [5.41, 5.74) is 0. The Kier molecular flexibility index (Phi) is 7.55. The van der Waals surface area contributed by atoms with Crippen molar-refractivity contribution in [3.63, 3.8) is 0 Å². The van der Waals surface area contributed by atoms with E-state index < -0.39 is 6.10 Å². The maximum Gasteiger partial charge on any atom is 0.0900 e. The van der Waals surface area contributed by atoms with Gasteiger partial charge in [-0.25, -0.2) is 0 Å². The summed E-state index contributed by atoms with van der Waals surface area (Å²) in [6.07, 6.45) is 3.76. The second-order valence-electron chi connectivity index (χ2n) is 5.82. The van der Waals surface area contributed by atoms with Crippen LogP contribution in [0.5, 0.6) is 0 Å². The van der Waals surface area contributed by atoms with Crippen molar-refractivity contribution in [2.24, 2.45) is 0 Å². The highest BCUT2D eigenvalue weighted by Gasteiger charge is 2.21. The van der Waals surface area contributed by atoms with Gasteiger partial charge in [-0.2, -0.15) is 0 Å². The average molecular weight is 325 g/mol. The quantitative estimate of drug-likeness (QED) is 0.530. The molecular formula is C17H27NO3S. The molecule has 0 spiro atoms. The first-order chi connectivity index (χ1) is 10.7. The Morgan fingerprint density at radius 2 is 2.45 bits per heavy atom. The molecule has 0 aliphatic carbocycles. The topological polar surface area (TPSA) is 41.9 Å². The van der Waals surface area contributed by atoms with Gasteiger partial charge in [0.05, 0.1) is 25.4 Å². The summed E-state index contributed by atoms with van der Waals surface area (Å²) in [7, 11) is 0.